The fourth-order valence-corrected chi connectivity index (χ4v) is 3.38. The first-order chi connectivity index (χ1) is 10.6. The van der Waals surface area contributed by atoms with Gasteiger partial charge in [-0.25, -0.2) is 0 Å². The Morgan fingerprint density at radius 3 is 2.36 bits per heavy atom. The molecule has 22 heavy (non-hydrogen) atoms. The largest absolute Gasteiger partial charge is 0.399 e. The summed E-state index contributed by atoms with van der Waals surface area (Å²) in [6.45, 7) is 0. The van der Waals surface area contributed by atoms with Gasteiger partial charge >= 0.3 is 0 Å². The van der Waals surface area contributed by atoms with Crippen molar-refractivity contribution in [1.82, 2.24) is 0 Å². The maximum absolute atomic E-state index is 5.84. The first-order valence-corrected chi connectivity index (χ1v) is 9.05. The van der Waals surface area contributed by atoms with E-state index < -0.39 is 0 Å². The highest BCUT2D eigenvalue weighted by atomic mass is 79.9. The number of nitrogens with two attached hydrogens (primary N) is 1. The highest BCUT2D eigenvalue weighted by Crippen LogP contribution is 2.31. The number of alkyl halides is 1. The smallest absolute Gasteiger partial charge is 0.0560 e. The van der Waals surface area contributed by atoms with Crippen LogP contribution in [-0.2, 0) is 0 Å². The van der Waals surface area contributed by atoms with Crippen molar-refractivity contribution in [3.63, 3.8) is 0 Å². The number of allylic oxidation sites excluding steroid dienone is 5. The summed E-state index contributed by atoms with van der Waals surface area (Å²) in [5, 5.41) is 0. The summed E-state index contributed by atoms with van der Waals surface area (Å²) in [4.78, 5) is 2.81. The molecule has 0 saturated heterocycles. The van der Waals surface area contributed by atoms with Crippen LogP contribution in [0.5, 0.6) is 0 Å². The van der Waals surface area contributed by atoms with Crippen LogP contribution in [0.15, 0.2) is 70.9 Å². The quantitative estimate of drug-likeness (QED) is 0.530. The van der Waals surface area contributed by atoms with Gasteiger partial charge < -0.3 is 10.6 Å². The van der Waals surface area contributed by atoms with Gasteiger partial charge in [0.15, 0.2) is 0 Å². The second-order valence-electron chi connectivity index (χ2n) is 5.45. The topological polar surface area (TPSA) is 29.3 Å². The molecule has 0 radical (unpaired) electrons. The molecule has 4 heteroatoms. The molecule has 0 fully saturated rings. The van der Waals surface area contributed by atoms with Gasteiger partial charge in [0.1, 0.15) is 0 Å². The van der Waals surface area contributed by atoms with Crippen LogP contribution >= 0.6 is 31.9 Å². The summed E-state index contributed by atoms with van der Waals surface area (Å²) in [5.74, 6) is 0. The molecule has 0 amide bonds. The van der Waals surface area contributed by atoms with Gasteiger partial charge in [-0.3, -0.25) is 0 Å². The lowest BCUT2D eigenvalue weighted by Crippen LogP contribution is -2.34. The van der Waals surface area contributed by atoms with Crippen molar-refractivity contribution in [2.24, 2.45) is 0 Å². The van der Waals surface area contributed by atoms with Gasteiger partial charge in [0, 0.05) is 26.4 Å². The molecule has 0 saturated carbocycles. The standard InChI is InChI=1S/C18H18Br2N2/c19-13-1-7-16(8-2-13)22(17-9-3-14(20)4-10-17)18-11-5-15(21)6-12-18/h1-3,5-7,9-12,14,16H,4,8,21H2. The van der Waals surface area contributed by atoms with Gasteiger partial charge in [-0.1, -0.05) is 62.2 Å². The van der Waals surface area contributed by atoms with Crippen LogP contribution in [-0.4, -0.2) is 10.9 Å². The number of nitrogen functional groups attached to an aromatic ring is 1. The fourth-order valence-electron chi connectivity index (χ4n) is 2.70. The van der Waals surface area contributed by atoms with Gasteiger partial charge in [-0.15, -0.1) is 0 Å². The molecule has 1 aromatic rings. The summed E-state index contributed by atoms with van der Waals surface area (Å²) in [5.41, 5.74) is 9.03. The monoisotopic (exact) mass is 420 g/mol. The van der Waals surface area contributed by atoms with E-state index in [2.05, 4.69) is 85.3 Å². The predicted octanol–water partition coefficient (Wildman–Crippen LogP) is 5.29. The van der Waals surface area contributed by atoms with Crippen LogP contribution in [0.4, 0.5) is 11.4 Å². The second-order valence-corrected chi connectivity index (χ2v) is 7.54. The minimum absolute atomic E-state index is 0.313. The second kappa shape index (κ2) is 6.88. The van der Waals surface area contributed by atoms with Crippen LogP contribution in [0.1, 0.15) is 12.8 Å². The molecule has 1 aromatic carbocycles. The first-order valence-electron chi connectivity index (χ1n) is 7.34. The molecular formula is C18H18Br2N2. The maximum atomic E-state index is 5.84. The van der Waals surface area contributed by atoms with Crippen molar-refractivity contribution in [2.45, 2.75) is 23.7 Å². The summed E-state index contributed by atoms with van der Waals surface area (Å²) >= 11 is 7.18. The van der Waals surface area contributed by atoms with Crippen LogP contribution in [0.25, 0.3) is 0 Å². The average molecular weight is 422 g/mol. The van der Waals surface area contributed by atoms with E-state index in [0.717, 1.165) is 23.0 Å². The minimum Gasteiger partial charge on any atom is -0.399 e. The van der Waals surface area contributed by atoms with E-state index >= 15 is 0 Å². The molecule has 0 spiro atoms. The third-order valence-corrected chi connectivity index (χ3v) is 5.11. The van der Waals surface area contributed by atoms with E-state index in [-0.39, 0.29) is 0 Å². The zero-order valence-corrected chi connectivity index (χ0v) is 15.3. The average Bonchev–Trinajstić information content (AvgIpc) is 2.53. The number of hydrogen-bond acceptors (Lipinski definition) is 2. The highest BCUT2D eigenvalue weighted by molar-refractivity contribution is 9.11. The number of rotatable bonds is 3. The Kier molecular flexibility index (Phi) is 4.89. The maximum Gasteiger partial charge on any atom is 0.0560 e. The molecule has 2 N–H and O–H groups in total. The molecule has 0 aliphatic heterocycles. The van der Waals surface area contributed by atoms with E-state index in [4.69, 9.17) is 5.73 Å². The lowest BCUT2D eigenvalue weighted by Gasteiger charge is -2.34. The Bertz CT molecular complexity index is 656. The fraction of sp³-hybridized carbons (Fsp3) is 0.222. The Balaban J connectivity index is 1.94. The third kappa shape index (κ3) is 3.55. The Hall–Kier alpha value is -1.26. The molecule has 114 valence electrons. The van der Waals surface area contributed by atoms with Crippen LogP contribution in [0.2, 0.25) is 0 Å². The zero-order valence-electron chi connectivity index (χ0n) is 12.1. The van der Waals surface area contributed by atoms with E-state index in [1.807, 2.05) is 12.1 Å². The van der Waals surface area contributed by atoms with Crippen molar-refractivity contribution < 1.29 is 0 Å². The highest BCUT2D eigenvalue weighted by Gasteiger charge is 2.21. The van der Waals surface area contributed by atoms with E-state index in [0.29, 0.717) is 10.9 Å². The van der Waals surface area contributed by atoms with Gasteiger partial charge in [0.05, 0.1) is 6.04 Å². The molecule has 2 nitrogen and oxygen atoms in total. The lowest BCUT2D eigenvalue weighted by atomic mass is 10.0. The summed E-state index contributed by atoms with van der Waals surface area (Å²) in [7, 11) is 0. The number of hydrogen-bond donors (Lipinski definition) is 1. The summed E-state index contributed by atoms with van der Waals surface area (Å²) in [6.07, 6.45) is 15.3. The Labute approximate surface area is 148 Å². The third-order valence-electron chi connectivity index (χ3n) is 3.84. The predicted molar refractivity (Wildman–Crippen MR) is 102 cm³/mol. The number of nitrogens with zero attached hydrogens (tertiary/aromatic N) is 1. The molecule has 0 aromatic heterocycles. The number of benzene rings is 1. The first kappa shape index (κ1) is 15.6. The van der Waals surface area contributed by atoms with Gasteiger partial charge in [0.2, 0.25) is 0 Å². The minimum atomic E-state index is 0.313. The SMILES string of the molecule is Nc1ccc(N(C2=CCC(Br)C=C2)C2C=CC(Br)=CC2)cc1. The van der Waals surface area contributed by atoms with Crippen molar-refractivity contribution in [2.75, 3.05) is 10.6 Å². The summed E-state index contributed by atoms with van der Waals surface area (Å²) in [6, 6.07) is 8.41. The van der Waals surface area contributed by atoms with Crippen molar-refractivity contribution >= 4 is 43.2 Å². The molecule has 0 heterocycles. The van der Waals surface area contributed by atoms with Crippen molar-refractivity contribution in [3.05, 3.63) is 70.9 Å². The van der Waals surface area contributed by atoms with E-state index in [1.54, 1.807) is 0 Å². The molecule has 2 atom stereocenters. The molecule has 2 aliphatic rings. The molecule has 2 aliphatic carbocycles. The van der Waals surface area contributed by atoms with Crippen LogP contribution in [0.3, 0.4) is 0 Å². The van der Waals surface area contributed by atoms with Crippen molar-refractivity contribution in [1.29, 1.82) is 0 Å². The van der Waals surface area contributed by atoms with E-state index in [1.165, 1.54) is 11.4 Å². The lowest BCUT2D eigenvalue weighted by molar-refractivity contribution is 0.755. The van der Waals surface area contributed by atoms with Crippen LogP contribution in [0, 0.1) is 0 Å². The summed E-state index contributed by atoms with van der Waals surface area (Å²) < 4.78 is 1.15. The Morgan fingerprint density at radius 2 is 1.77 bits per heavy atom. The molecular weight excluding hydrogens is 404 g/mol. The zero-order chi connectivity index (χ0) is 15.5. The van der Waals surface area contributed by atoms with Gasteiger partial charge in [-0.05, 0) is 43.2 Å². The molecule has 3 rings (SSSR count). The van der Waals surface area contributed by atoms with E-state index in [9.17, 15) is 0 Å². The number of halogens is 2. The Morgan fingerprint density at radius 1 is 1.00 bits per heavy atom. The van der Waals surface area contributed by atoms with Gasteiger partial charge in [0.25, 0.3) is 0 Å². The van der Waals surface area contributed by atoms with Gasteiger partial charge in [-0.2, -0.15) is 0 Å². The number of anilines is 2. The normalized spacial score (nSPS) is 23.9. The molecule has 0 bridgehead atoms. The van der Waals surface area contributed by atoms with Crippen LogP contribution < -0.4 is 10.6 Å². The van der Waals surface area contributed by atoms with Crippen molar-refractivity contribution in [3.8, 4) is 0 Å². The molecule has 2 unspecified atom stereocenters.